The highest BCUT2D eigenvalue weighted by molar-refractivity contribution is 7.48. The molecule has 1 N–H and O–H groups in total. The third-order valence-corrected chi connectivity index (χ3v) is 4.59. The van der Waals surface area contributed by atoms with Gasteiger partial charge in [0.2, 0.25) is 0 Å². The fourth-order valence-electron chi connectivity index (χ4n) is 2.47. The van der Waals surface area contributed by atoms with Crippen LogP contribution in [0.1, 0.15) is 5.56 Å². The van der Waals surface area contributed by atoms with E-state index in [1.807, 2.05) is 30.3 Å². The minimum absolute atomic E-state index is 0.263. The third-order valence-electron chi connectivity index (χ3n) is 3.71. The summed E-state index contributed by atoms with van der Waals surface area (Å²) in [7, 11) is -4.25. The monoisotopic (exact) mass is 366 g/mol. The summed E-state index contributed by atoms with van der Waals surface area (Å²) < 4.78 is 22.3. The first-order valence-corrected chi connectivity index (χ1v) is 9.62. The number of hydrogen-bond acceptors (Lipinski definition) is 3. The van der Waals surface area contributed by atoms with Gasteiger partial charge in [0.15, 0.2) is 0 Å². The highest BCUT2D eigenvalue weighted by Gasteiger charge is 2.24. The van der Waals surface area contributed by atoms with Crippen molar-refractivity contribution in [3.8, 4) is 22.6 Å². The molecule has 3 aromatic carbocycles. The molecule has 0 bridgehead atoms. The molecule has 0 aliphatic heterocycles. The lowest BCUT2D eigenvalue weighted by Crippen LogP contribution is -1.99. The molecule has 0 amide bonds. The Morgan fingerprint density at radius 1 is 0.808 bits per heavy atom. The lowest BCUT2D eigenvalue weighted by atomic mass is 10.0. The summed E-state index contributed by atoms with van der Waals surface area (Å²) in [6, 6.07) is 23.5. The summed E-state index contributed by atoms with van der Waals surface area (Å²) >= 11 is 0. The Kier molecular flexibility index (Phi) is 5.57. The number of phosphoric acid groups is 1. The van der Waals surface area contributed by atoms with E-state index in [4.69, 9.17) is 9.05 Å². The number of benzene rings is 3. The van der Waals surface area contributed by atoms with Gasteiger partial charge in [-0.15, -0.1) is 6.58 Å². The van der Waals surface area contributed by atoms with E-state index >= 15 is 0 Å². The highest BCUT2D eigenvalue weighted by atomic mass is 31.2. The molecule has 5 heteroatoms. The van der Waals surface area contributed by atoms with Gasteiger partial charge in [0.1, 0.15) is 11.5 Å². The van der Waals surface area contributed by atoms with Crippen molar-refractivity contribution in [1.82, 2.24) is 0 Å². The van der Waals surface area contributed by atoms with Gasteiger partial charge in [-0.05, 0) is 47.4 Å². The quantitative estimate of drug-likeness (QED) is 0.434. The van der Waals surface area contributed by atoms with Crippen molar-refractivity contribution in [1.29, 1.82) is 0 Å². The van der Waals surface area contributed by atoms with Crippen LogP contribution >= 0.6 is 7.82 Å². The van der Waals surface area contributed by atoms with Gasteiger partial charge in [-0.2, -0.15) is 0 Å². The Balaban J connectivity index is 1.69. The number of rotatable bonds is 7. The van der Waals surface area contributed by atoms with Crippen LogP contribution in [0.15, 0.2) is 91.5 Å². The molecular formula is C21H19O4P. The van der Waals surface area contributed by atoms with E-state index in [0.29, 0.717) is 0 Å². The van der Waals surface area contributed by atoms with E-state index in [2.05, 4.69) is 18.7 Å². The predicted octanol–water partition coefficient (Wildman–Crippen LogP) is 5.64. The van der Waals surface area contributed by atoms with Gasteiger partial charge in [-0.25, -0.2) is 4.57 Å². The second-order valence-corrected chi connectivity index (χ2v) is 6.98. The molecule has 0 aliphatic carbocycles. The fourth-order valence-corrected chi connectivity index (χ4v) is 3.29. The molecular weight excluding hydrogens is 347 g/mol. The largest absolute Gasteiger partial charge is 0.584 e. The SMILES string of the molecule is C=CCc1ccc(-c2ccc(OP(=O)(O)Oc3ccccc3)cc2)cc1. The van der Waals surface area contributed by atoms with E-state index < -0.39 is 7.82 Å². The summed E-state index contributed by atoms with van der Waals surface area (Å²) in [6.45, 7) is 3.73. The average molecular weight is 366 g/mol. The van der Waals surface area contributed by atoms with Gasteiger partial charge >= 0.3 is 7.82 Å². The summed E-state index contributed by atoms with van der Waals surface area (Å²) in [5.74, 6) is 0.536. The molecule has 0 radical (unpaired) electrons. The molecule has 0 heterocycles. The Morgan fingerprint density at radius 2 is 1.31 bits per heavy atom. The van der Waals surface area contributed by atoms with Crippen LogP contribution in [0.25, 0.3) is 11.1 Å². The van der Waals surface area contributed by atoms with Gasteiger partial charge in [0.25, 0.3) is 0 Å². The number of allylic oxidation sites excluding steroid dienone is 1. The van der Waals surface area contributed by atoms with Crippen LogP contribution in [0.5, 0.6) is 11.5 Å². The van der Waals surface area contributed by atoms with Crippen LogP contribution in [0.2, 0.25) is 0 Å². The van der Waals surface area contributed by atoms with E-state index in [1.54, 1.807) is 42.5 Å². The number of para-hydroxylation sites is 1. The minimum atomic E-state index is -4.25. The van der Waals surface area contributed by atoms with Crippen LogP contribution in [0, 0.1) is 0 Å². The Hall–Kier alpha value is -2.81. The molecule has 132 valence electrons. The smallest absolute Gasteiger partial charge is 0.395 e. The van der Waals surface area contributed by atoms with E-state index in [1.165, 1.54) is 5.56 Å². The molecule has 3 aromatic rings. The van der Waals surface area contributed by atoms with Crippen LogP contribution in [-0.4, -0.2) is 4.89 Å². The topological polar surface area (TPSA) is 55.8 Å². The maximum atomic E-state index is 12.1. The van der Waals surface area contributed by atoms with Crippen LogP contribution in [-0.2, 0) is 11.0 Å². The molecule has 0 fully saturated rings. The van der Waals surface area contributed by atoms with Crippen molar-refractivity contribution in [2.75, 3.05) is 0 Å². The molecule has 1 unspecified atom stereocenters. The molecule has 0 spiro atoms. The van der Waals surface area contributed by atoms with E-state index in [0.717, 1.165) is 17.5 Å². The van der Waals surface area contributed by atoms with E-state index in [9.17, 15) is 9.46 Å². The Labute approximate surface area is 153 Å². The zero-order chi connectivity index (χ0) is 18.4. The number of hydrogen-bond donors (Lipinski definition) is 1. The first-order chi connectivity index (χ1) is 12.6. The van der Waals surface area contributed by atoms with Crippen molar-refractivity contribution < 1.29 is 18.5 Å². The molecule has 0 saturated heterocycles. The van der Waals surface area contributed by atoms with Crippen molar-refractivity contribution in [2.45, 2.75) is 6.42 Å². The lowest BCUT2D eigenvalue weighted by Gasteiger charge is -2.14. The molecule has 26 heavy (non-hydrogen) atoms. The zero-order valence-electron chi connectivity index (χ0n) is 14.1. The lowest BCUT2D eigenvalue weighted by molar-refractivity contribution is 0.291. The fraction of sp³-hybridized carbons (Fsp3) is 0.0476. The summed E-state index contributed by atoms with van der Waals surface area (Å²) in [4.78, 5) is 9.89. The Bertz CT molecular complexity index is 903. The first kappa shape index (κ1) is 18.0. The van der Waals surface area contributed by atoms with E-state index in [-0.39, 0.29) is 11.5 Å². The highest BCUT2D eigenvalue weighted by Crippen LogP contribution is 2.44. The third kappa shape index (κ3) is 4.85. The summed E-state index contributed by atoms with van der Waals surface area (Å²) in [6.07, 6.45) is 2.70. The molecule has 0 aromatic heterocycles. The van der Waals surface area contributed by atoms with Gasteiger partial charge in [0, 0.05) is 0 Å². The van der Waals surface area contributed by atoms with Crippen molar-refractivity contribution in [3.63, 3.8) is 0 Å². The number of phosphoric ester groups is 1. The second kappa shape index (κ2) is 8.05. The van der Waals surface area contributed by atoms with Crippen molar-refractivity contribution >= 4 is 7.82 Å². The van der Waals surface area contributed by atoms with Crippen LogP contribution in [0.3, 0.4) is 0 Å². The van der Waals surface area contributed by atoms with Crippen LogP contribution < -0.4 is 9.05 Å². The molecule has 1 atom stereocenters. The van der Waals surface area contributed by atoms with Gasteiger partial charge in [0.05, 0.1) is 0 Å². The van der Waals surface area contributed by atoms with Crippen molar-refractivity contribution in [3.05, 3.63) is 97.1 Å². The molecule has 4 nitrogen and oxygen atoms in total. The van der Waals surface area contributed by atoms with Gasteiger partial charge in [-0.3, -0.25) is 4.89 Å². The summed E-state index contributed by atoms with van der Waals surface area (Å²) in [5, 5.41) is 0. The minimum Gasteiger partial charge on any atom is -0.395 e. The van der Waals surface area contributed by atoms with Gasteiger partial charge < -0.3 is 9.05 Å². The normalized spacial score (nSPS) is 12.8. The predicted molar refractivity (Wildman–Crippen MR) is 103 cm³/mol. The maximum absolute atomic E-state index is 12.1. The molecule has 0 aliphatic rings. The first-order valence-electron chi connectivity index (χ1n) is 8.13. The van der Waals surface area contributed by atoms with Gasteiger partial charge in [-0.1, -0.05) is 60.7 Å². The Morgan fingerprint density at radius 3 is 1.85 bits per heavy atom. The second-order valence-electron chi connectivity index (χ2n) is 5.68. The van der Waals surface area contributed by atoms with Crippen LogP contribution in [0.4, 0.5) is 0 Å². The summed E-state index contributed by atoms with van der Waals surface area (Å²) in [5.41, 5.74) is 3.24. The standard InChI is InChI=1S/C21H19O4P/c1-2-6-17-9-11-18(12-10-17)19-13-15-21(16-14-19)25-26(22,23)24-20-7-4-3-5-8-20/h2-5,7-16H,1,6H2,(H,22,23). The average Bonchev–Trinajstić information content (AvgIpc) is 2.63. The maximum Gasteiger partial charge on any atom is 0.584 e. The molecule has 3 rings (SSSR count). The van der Waals surface area contributed by atoms with Crippen molar-refractivity contribution in [2.24, 2.45) is 0 Å². The zero-order valence-corrected chi connectivity index (χ0v) is 15.0. The molecule has 0 saturated carbocycles.